The van der Waals surface area contributed by atoms with Crippen LogP contribution in [0.25, 0.3) is 0 Å². The number of benzene rings is 1. The number of thiophene rings is 1. The van der Waals surface area contributed by atoms with Gasteiger partial charge in [0.1, 0.15) is 13.2 Å². The first-order valence-electron chi connectivity index (χ1n) is 8.88. The van der Waals surface area contributed by atoms with E-state index in [0.717, 1.165) is 9.75 Å². The number of Topliss-reactive ketones (excluding diaryl/α,β-unsaturated/α-hetero) is 1. The zero-order valence-electron chi connectivity index (χ0n) is 15.7. The molecule has 1 aromatic heterocycles. The second-order valence-electron chi connectivity index (χ2n) is 6.32. The van der Waals surface area contributed by atoms with E-state index in [4.69, 9.17) is 14.2 Å². The summed E-state index contributed by atoms with van der Waals surface area (Å²) >= 11 is 1.55. The Morgan fingerprint density at radius 3 is 2.54 bits per heavy atom. The second kappa shape index (κ2) is 8.88. The van der Waals surface area contributed by atoms with Crippen LogP contribution in [0.15, 0.2) is 24.3 Å². The Balaban J connectivity index is 1.42. The SMILES string of the molecule is Cc1cc(C(=O)CCC(=O)OCC(=O)Nc2ccc3c(c2)OCCO3)c(C)s1. The number of nitrogens with one attached hydrogen (secondary N) is 1. The number of esters is 1. The summed E-state index contributed by atoms with van der Waals surface area (Å²) in [5, 5.41) is 2.63. The van der Waals surface area contributed by atoms with Crippen LogP contribution >= 0.6 is 11.3 Å². The Morgan fingerprint density at radius 1 is 1.07 bits per heavy atom. The van der Waals surface area contributed by atoms with Crippen molar-refractivity contribution in [1.82, 2.24) is 0 Å². The molecule has 7 nitrogen and oxygen atoms in total. The van der Waals surface area contributed by atoms with Crippen LogP contribution in [0.4, 0.5) is 5.69 Å². The van der Waals surface area contributed by atoms with Gasteiger partial charge in [-0.15, -0.1) is 11.3 Å². The molecule has 1 N–H and O–H groups in total. The Kier molecular flexibility index (Phi) is 6.30. The molecule has 0 unspecified atom stereocenters. The average Bonchev–Trinajstić information content (AvgIpc) is 3.02. The van der Waals surface area contributed by atoms with Gasteiger partial charge < -0.3 is 19.5 Å². The molecule has 1 aliphatic rings. The normalized spacial score (nSPS) is 12.4. The summed E-state index contributed by atoms with van der Waals surface area (Å²) in [6.45, 7) is 4.33. The first-order chi connectivity index (χ1) is 13.4. The number of amides is 1. The van der Waals surface area contributed by atoms with E-state index >= 15 is 0 Å². The molecule has 0 aliphatic carbocycles. The monoisotopic (exact) mass is 403 g/mol. The molecule has 0 saturated carbocycles. The summed E-state index contributed by atoms with van der Waals surface area (Å²) in [7, 11) is 0. The highest BCUT2D eigenvalue weighted by molar-refractivity contribution is 7.12. The molecule has 0 fully saturated rings. The molecule has 0 bridgehead atoms. The van der Waals surface area contributed by atoms with Crippen LogP contribution in [-0.2, 0) is 14.3 Å². The van der Waals surface area contributed by atoms with Crippen molar-refractivity contribution in [3.05, 3.63) is 39.6 Å². The number of fused-ring (bicyclic) bond motifs is 1. The van der Waals surface area contributed by atoms with Gasteiger partial charge in [0, 0.05) is 33.5 Å². The maximum absolute atomic E-state index is 12.2. The van der Waals surface area contributed by atoms with Crippen molar-refractivity contribution < 1.29 is 28.6 Å². The van der Waals surface area contributed by atoms with Gasteiger partial charge in [0.25, 0.3) is 5.91 Å². The van der Waals surface area contributed by atoms with E-state index in [1.807, 2.05) is 19.9 Å². The highest BCUT2D eigenvalue weighted by Crippen LogP contribution is 2.32. The molecule has 0 radical (unpaired) electrons. The Labute approximate surface area is 166 Å². The molecule has 0 saturated heterocycles. The maximum Gasteiger partial charge on any atom is 0.306 e. The minimum absolute atomic E-state index is 0.0552. The van der Waals surface area contributed by atoms with Crippen molar-refractivity contribution in [2.75, 3.05) is 25.1 Å². The number of anilines is 1. The predicted molar refractivity (Wildman–Crippen MR) is 104 cm³/mol. The van der Waals surface area contributed by atoms with Gasteiger partial charge in [0.15, 0.2) is 23.9 Å². The molecular weight excluding hydrogens is 382 g/mol. The van der Waals surface area contributed by atoms with E-state index in [9.17, 15) is 14.4 Å². The van der Waals surface area contributed by atoms with Crippen molar-refractivity contribution in [3.63, 3.8) is 0 Å². The zero-order chi connectivity index (χ0) is 20.1. The number of rotatable bonds is 7. The molecular formula is C20H21NO6S. The van der Waals surface area contributed by atoms with Gasteiger partial charge >= 0.3 is 5.97 Å². The fraction of sp³-hybridized carbons (Fsp3) is 0.350. The highest BCUT2D eigenvalue weighted by Gasteiger charge is 2.16. The summed E-state index contributed by atoms with van der Waals surface area (Å²) < 4.78 is 15.8. The third-order valence-electron chi connectivity index (χ3n) is 4.09. The minimum Gasteiger partial charge on any atom is -0.486 e. The van der Waals surface area contributed by atoms with Gasteiger partial charge in [0.05, 0.1) is 6.42 Å². The van der Waals surface area contributed by atoms with E-state index in [-0.39, 0.29) is 18.6 Å². The molecule has 1 aliphatic heterocycles. The summed E-state index contributed by atoms with van der Waals surface area (Å²) in [5.41, 5.74) is 1.16. The van der Waals surface area contributed by atoms with Crippen LogP contribution < -0.4 is 14.8 Å². The molecule has 3 rings (SSSR count). The Bertz CT molecular complexity index is 904. The molecule has 2 aromatic rings. The van der Waals surface area contributed by atoms with Gasteiger partial charge in [-0.05, 0) is 32.0 Å². The van der Waals surface area contributed by atoms with E-state index in [1.54, 1.807) is 29.5 Å². The largest absolute Gasteiger partial charge is 0.486 e. The van der Waals surface area contributed by atoms with Gasteiger partial charge in [-0.2, -0.15) is 0 Å². The predicted octanol–water partition coefficient (Wildman–Crippen LogP) is 3.28. The fourth-order valence-corrected chi connectivity index (χ4v) is 3.74. The molecule has 28 heavy (non-hydrogen) atoms. The summed E-state index contributed by atoms with van der Waals surface area (Å²) in [6.07, 6.45) is -0.00982. The lowest BCUT2D eigenvalue weighted by atomic mass is 10.1. The standard InChI is InChI=1S/C20H21NO6S/c1-12-9-15(13(2)28-12)16(22)4-6-20(24)27-11-19(23)21-14-3-5-17-18(10-14)26-8-7-25-17/h3,5,9-10H,4,6-8,11H2,1-2H3,(H,21,23). The maximum atomic E-state index is 12.2. The number of hydrogen-bond acceptors (Lipinski definition) is 7. The molecule has 2 heterocycles. The second-order valence-corrected chi connectivity index (χ2v) is 7.78. The number of carbonyl (C=O) groups excluding carboxylic acids is 3. The van der Waals surface area contributed by atoms with Crippen LogP contribution in [0.3, 0.4) is 0 Å². The first kappa shape index (κ1) is 19.9. The summed E-state index contributed by atoms with van der Waals surface area (Å²) in [4.78, 5) is 38.0. The van der Waals surface area contributed by atoms with Crippen LogP contribution in [0.1, 0.15) is 33.0 Å². The van der Waals surface area contributed by atoms with Crippen LogP contribution in [0.2, 0.25) is 0 Å². The molecule has 8 heteroatoms. The fourth-order valence-electron chi connectivity index (χ4n) is 2.79. The lowest BCUT2D eigenvalue weighted by molar-refractivity contribution is -0.147. The molecule has 1 aromatic carbocycles. The number of hydrogen-bond donors (Lipinski definition) is 1. The zero-order valence-corrected chi connectivity index (χ0v) is 16.5. The molecule has 0 atom stereocenters. The highest BCUT2D eigenvalue weighted by atomic mass is 32.1. The lowest BCUT2D eigenvalue weighted by Gasteiger charge is -2.19. The summed E-state index contributed by atoms with van der Waals surface area (Å²) in [6, 6.07) is 6.86. The van der Waals surface area contributed by atoms with Crippen LogP contribution in [0.5, 0.6) is 11.5 Å². The Morgan fingerprint density at radius 2 is 1.82 bits per heavy atom. The van der Waals surface area contributed by atoms with Gasteiger partial charge in [-0.25, -0.2) is 0 Å². The minimum atomic E-state index is -0.588. The van der Waals surface area contributed by atoms with Crippen molar-refractivity contribution in [2.45, 2.75) is 26.7 Å². The average molecular weight is 403 g/mol. The third kappa shape index (κ3) is 5.10. The summed E-state index contributed by atoms with van der Waals surface area (Å²) in [5.74, 6) is 0.0189. The van der Waals surface area contributed by atoms with Crippen LogP contribution in [0, 0.1) is 13.8 Å². The number of ether oxygens (including phenoxy) is 3. The first-order valence-corrected chi connectivity index (χ1v) is 9.69. The van der Waals surface area contributed by atoms with E-state index < -0.39 is 18.5 Å². The smallest absolute Gasteiger partial charge is 0.306 e. The van der Waals surface area contributed by atoms with Crippen molar-refractivity contribution >= 4 is 34.7 Å². The number of aryl methyl sites for hydroxylation is 2. The van der Waals surface area contributed by atoms with Gasteiger partial charge in [0.2, 0.25) is 0 Å². The van der Waals surface area contributed by atoms with Crippen molar-refractivity contribution in [1.29, 1.82) is 0 Å². The van der Waals surface area contributed by atoms with Gasteiger partial charge in [-0.3, -0.25) is 14.4 Å². The third-order valence-corrected chi connectivity index (χ3v) is 5.05. The lowest BCUT2D eigenvalue weighted by Crippen LogP contribution is -2.21. The number of ketones is 1. The Hall–Kier alpha value is -2.87. The molecule has 0 spiro atoms. The molecule has 1 amide bonds. The van der Waals surface area contributed by atoms with E-state index in [2.05, 4.69) is 5.32 Å². The van der Waals surface area contributed by atoms with Gasteiger partial charge in [-0.1, -0.05) is 0 Å². The van der Waals surface area contributed by atoms with Crippen molar-refractivity contribution in [3.8, 4) is 11.5 Å². The number of carbonyl (C=O) groups is 3. The molecule has 148 valence electrons. The van der Waals surface area contributed by atoms with E-state index in [1.165, 1.54) is 0 Å². The van der Waals surface area contributed by atoms with Crippen LogP contribution in [-0.4, -0.2) is 37.5 Å². The quantitative estimate of drug-likeness (QED) is 0.564. The topological polar surface area (TPSA) is 90.9 Å². The van der Waals surface area contributed by atoms with E-state index in [0.29, 0.717) is 36.0 Å². The van der Waals surface area contributed by atoms with Crippen molar-refractivity contribution in [2.24, 2.45) is 0 Å².